The first-order valence-corrected chi connectivity index (χ1v) is 8.02. The topological polar surface area (TPSA) is 16.1 Å². The Labute approximate surface area is 135 Å². The predicted molar refractivity (Wildman–Crippen MR) is 98.5 cm³/mol. The number of fused-ring (bicyclic) bond motifs is 1. The van der Waals surface area contributed by atoms with Crippen LogP contribution >= 0.6 is 11.3 Å². The molecule has 2 nitrogen and oxygen atoms in total. The molecule has 0 fully saturated rings. The number of aromatic nitrogens is 1. The van der Waals surface area contributed by atoms with E-state index in [4.69, 9.17) is 0 Å². The van der Waals surface area contributed by atoms with Crippen molar-refractivity contribution in [2.45, 2.75) is 0 Å². The summed E-state index contributed by atoms with van der Waals surface area (Å²) in [4.78, 5) is 6.68. The number of hydrogen-bond donors (Lipinski definition) is 0. The largest absolute Gasteiger partial charge is 0.378 e. The third kappa shape index (κ3) is 3.43. The SMILES string of the molecule is CN([11CH3])c1ccc(/C=C/C=C/c2nc3ccccc3s2)cc1. The molecule has 1 heterocycles. The lowest BCUT2D eigenvalue weighted by Gasteiger charge is -2.11. The molecule has 0 amide bonds. The van der Waals surface area contributed by atoms with E-state index >= 15 is 0 Å². The van der Waals surface area contributed by atoms with E-state index in [-0.39, 0.29) is 0 Å². The third-order valence-corrected chi connectivity index (χ3v) is 4.36. The molecule has 2 aromatic carbocycles. The van der Waals surface area contributed by atoms with Gasteiger partial charge < -0.3 is 4.90 Å². The Morgan fingerprint density at radius 1 is 0.909 bits per heavy atom. The molecule has 0 aliphatic carbocycles. The van der Waals surface area contributed by atoms with Crippen LogP contribution < -0.4 is 4.90 Å². The van der Waals surface area contributed by atoms with Gasteiger partial charge in [0.15, 0.2) is 0 Å². The molecule has 0 aliphatic rings. The van der Waals surface area contributed by atoms with E-state index in [1.165, 1.54) is 16.0 Å². The van der Waals surface area contributed by atoms with Gasteiger partial charge in [0.2, 0.25) is 0 Å². The minimum absolute atomic E-state index is 1.04. The Bertz CT molecular complexity index is 778. The predicted octanol–water partition coefficient (Wildman–Crippen LogP) is 5.09. The fourth-order valence-corrected chi connectivity index (χ4v) is 3.03. The van der Waals surface area contributed by atoms with Crippen LogP contribution in [0.1, 0.15) is 10.6 Å². The summed E-state index contributed by atoms with van der Waals surface area (Å²) in [5.41, 5.74) is 3.47. The van der Waals surface area contributed by atoms with Crippen LogP contribution in [0.5, 0.6) is 0 Å². The van der Waals surface area contributed by atoms with E-state index in [2.05, 4.69) is 58.4 Å². The minimum atomic E-state index is 1.04. The molecule has 0 spiro atoms. The van der Waals surface area contributed by atoms with E-state index < -0.39 is 0 Å². The summed E-state index contributed by atoms with van der Waals surface area (Å²) in [6.45, 7) is 0. The molecule has 0 radical (unpaired) electrons. The molecule has 0 atom stereocenters. The molecule has 0 bridgehead atoms. The summed E-state index contributed by atoms with van der Waals surface area (Å²) in [5.74, 6) is 0. The van der Waals surface area contributed by atoms with E-state index in [9.17, 15) is 0 Å². The van der Waals surface area contributed by atoms with Crippen molar-refractivity contribution in [3.63, 3.8) is 0 Å². The number of benzene rings is 2. The molecule has 1 aromatic heterocycles. The highest BCUT2D eigenvalue weighted by Crippen LogP contribution is 2.22. The smallest absolute Gasteiger partial charge is 0.117 e. The zero-order chi connectivity index (χ0) is 15.4. The van der Waals surface area contributed by atoms with Gasteiger partial charge in [-0.2, -0.15) is 0 Å². The lowest BCUT2D eigenvalue weighted by atomic mass is 10.1. The standard InChI is InChI=1S/C19H18N2S/c1-21(2)16-13-11-15(12-14-16)7-3-6-10-19-20-17-8-4-5-9-18(17)22-19/h3-14H,1-2H3/b7-3+,10-6+/i1-1. The molecule has 0 aliphatic heterocycles. The van der Waals surface area contributed by atoms with Gasteiger partial charge in [0.25, 0.3) is 0 Å². The highest BCUT2D eigenvalue weighted by molar-refractivity contribution is 7.19. The monoisotopic (exact) mass is 305 g/mol. The van der Waals surface area contributed by atoms with Crippen LogP contribution in [-0.2, 0) is 0 Å². The summed E-state index contributed by atoms with van der Waals surface area (Å²) in [5, 5.41) is 1.04. The highest BCUT2D eigenvalue weighted by atomic mass is 32.1. The van der Waals surface area contributed by atoms with Crippen molar-refractivity contribution >= 4 is 39.4 Å². The maximum Gasteiger partial charge on any atom is 0.117 e. The van der Waals surface area contributed by atoms with Crippen molar-refractivity contribution in [1.29, 1.82) is 0 Å². The molecule has 22 heavy (non-hydrogen) atoms. The molecule has 3 rings (SSSR count). The number of rotatable bonds is 4. The number of thiazole rings is 1. The van der Waals surface area contributed by atoms with E-state index in [0.717, 1.165) is 10.5 Å². The first-order valence-electron chi connectivity index (χ1n) is 7.20. The highest BCUT2D eigenvalue weighted by Gasteiger charge is 1.98. The number of hydrogen-bond acceptors (Lipinski definition) is 3. The van der Waals surface area contributed by atoms with Gasteiger partial charge in [0, 0.05) is 19.8 Å². The Kier molecular flexibility index (Phi) is 4.35. The Balaban J connectivity index is 1.68. The lowest BCUT2D eigenvalue weighted by Crippen LogP contribution is -2.07. The van der Waals surface area contributed by atoms with Crippen LogP contribution in [0.25, 0.3) is 22.4 Å². The Hall–Kier alpha value is -2.39. The fraction of sp³-hybridized carbons (Fsp3) is 0.105. The van der Waals surface area contributed by atoms with Crippen molar-refractivity contribution < 1.29 is 0 Å². The summed E-state index contributed by atoms with van der Waals surface area (Å²) in [6, 6.07) is 16.7. The van der Waals surface area contributed by atoms with Crippen molar-refractivity contribution in [3.8, 4) is 0 Å². The van der Waals surface area contributed by atoms with Crippen LogP contribution in [0.4, 0.5) is 5.69 Å². The van der Waals surface area contributed by atoms with Crippen molar-refractivity contribution in [3.05, 3.63) is 71.3 Å². The molecular formula is C19H18N2S. The van der Waals surface area contributed by atoms with E-state index in [1.807, 2.05) is 38.4 Å². The molecule has 0 saturated heterocycles. The quantitative estimate of drug-likeness (QED) is 0.624. The summed E-state index contributed by atoms with van der Waals surface area (Å²) >= 11 is 1.71. The van der Waals surface area contributed by atoms with Crippen LogP contribution in [0.15, 0.2) is 60.7 Å². The molecule has 3 heteroatoms. The third-order valence-electron chi connectivity index (χ3n) is 3.36. The van der Waals surface area contributed by atoms with Gasteiger partial charge in [-0.05, 0) is 35.9 Å². The number of para-hydroxylation sites is 1. The van der Waals surface area contributed by atoms with Crippen LogP contribution in [0.3, 0.4) is 0 Å². The van der Waals surface area contributed by atoms with Crippen molar-refractivity contribution in [1.82, 2.24) is 4.98 Å². The average molecular weight is 305 g/mol. The number of nitrogens with zero attached hydrogens (tertiary/aromatic N) is 2. The van der Waals surface area contributed by atoms with Gasteiger partial charge in [-0.3, -0.25) is 0 Å². The molecular weight excluding hydrogens is 287 g/mol. The van der Waals surface area contributed by atoms with Gasteiger partial charge in [-0.25, -0.2) is 4.98 Å². The fourth-order valence-electron chi connectivity index (χ4n) is 2.15. The van der Waals surface area contributed by atoms with Gasteiger partial charge in [0.05, 0.1) is 10.2 Å². The van der Waals surface area contributed by atoms with Crippen LogP contribution in [-0.4, -0.2) is 19.1 Å². The molecule has 0 saturated carbocycles. The van der Waals surface area contributed by atoms with Gasteiger partial charge >= 0.3 is 0 Å². The zero-order valence-electron chi connectivity index (χ0n) is 12.7. The molecule has 3 aromatic rings. The molecule has 0 unspecified atom stereocenters. The van der Waals surface area contributed by atoms with Crippen LogP contribution in [0.2, 0.25) is 0 Å². The van der Waals surface area contributed by atoms with Gasteiger partial charge in [-0.15, -0.1) is 11.3 Å². The second-order valence-corrected chi connectivity index (χ2v) is 6.29. The second-order valence-electron chi connectivity index (χ2n) is 5.22. The summed E-state index contributed by atoms with van der Waals surface area (Å²) in [6.07, 6.45) is 8.24. The maximum atomic E-state index is 4.58. The number of anilines is 1. The average Bonchev–Trinajstić information content (AvgIpc) is 2.95. The Morgan fingerprint density at radius 3 is 2.36 bits per heavy atom. The van der Waals surface area contributed by atoms with Crippen molar-refractivity contribution in [2.24, 2.45) is 0 Å². The normalized spacial score (nSPS) is 11.7. The molecule has 110 valence electrons. The van der Waals surface area contributed by atoms with E-state index in [0.29, 0.717) is 0 Å². The minimum Gasteiger partial charge on any atom is -0.378 e. The number of allylic oxidation sites excluding steroid dienone is 2. The summed E-state index contributed by atoms with van der Waals surface area (Å²) in [7, 11) is 4.09. The first-order chi connectivity index (χ1) is 10.7. The second kappa shape index (κ2) is 6.58. The van der Waals surface area contributed by atoms with Gasteiger partial charge in [-0.1, -0.05) is 42.5 Å². The summed E-state index contributed by atoms with van der Waals surface area (Å²) < 4.78 is 1.23. The van der Waals surface area contributed by atoms with Gasteiger partial charge in [0.1, 0.15) is 5.01 Å². The van der Waals surface area contributed by atoms with Crippen LogP contribution in [0, 0.1) is 0 Å². The van der Waals surface area contributed by atoms with E-state index in [1.54, 1.807) is 11.3 Å². The maximum absolute atomic E-state index is 4.58. The molecule has 0 N–H and O–H groups in total. The zero-order valence-corrected chi connectivity index (χ0v) is 13.5. The van der Waals surface area contributed by atoms with Crippen molar-refractivity contribution in [2.75, 3.05) is 19.0 Å². The lowest BCUT2D eigenvalue weighted by molar-refractivity contribution is 1.13. The Morgan fingerprint density at radius 2 is 1.64 bits per heavy atom. The first kappa shape index (κ1) is 14.5.